The van der Waals surface area contributed by atoms with Crippen molar-refractivity contribution in [1.82, 2.24) is 15.3 Å². The summed E-state index contributed by atoms with van der Waals surface area (Å²) in [5, 5.41) is 3.35. The van der Waals surface area contributed by atoms with Gasteiger partial charge in [0.1, 0.15) is 0 Å². The fourth-order valence-corrected chi connectivity index (χ4v) is 4.04. The van der Waals surface area contributed by atoms with E-state index in [0.717, 1.165) is 38.4 Å². The van der Waals surface area contributed by atoms with E-state index >= 15 is 0 Å². The van der Waals surface area contributed by atoms with Gasteiger partial charge >= 0.3 is 0 Å². The number of nitrogens with zero attached hydrogens (tertiary/aromatic N) is 3. The Hall–Kier alpha value is -1.94. The number of rotatable bonds is 3. The van der Waals surface area contributed by atoms with Gasteiger partial charge in [-0.2, -0.15) is 0 Å². The summed E-state index contributed by atoms with van der Waals surface area (Å²) in [5.74, 6) is 1.63. The lowest BCUT2D eigenvalue weighted by molar-refractivity contribution is 0.448. The minimum atomic E-state index is 0.575. The molecule has 2 fully saturated rings. The monoisotopic (exact) mass is 320 g/mol. The summed E-state index contributed by atoms with van der Waals surface area (Å²) in [6.07, 6.45) is 4.68. The smallest absolute Gasteiger partial charge is 0.226 e. The molecule has 0 spiro atoms. The molecule has 24 heavy (non-hydrogen) atoms. The number of nitrogens with one attached hydrogen (secondary N) is 1. The van der Waals surface area contributed by atoms with E-state index in [4.69, 9.17) is 9.97 Å². The highest BCUT2D eigenvalue weighted by Gasteiger charge is 2.29. The minimum Gasteiger partial charge on any atom is -0.338 e. The van der Waals surface area contributed by atoms with E-state index in [2.05, 4.69) is 41.4 Å². The van der Waals surface area contributed by atoms with Crippen molar-refractivity contribution in [3.8, 4) is 11.3 Å². The van der Waals surface area contributed by atoms with E-state index in [0.29, 0.717) is 12.0 Å². The van der Waals surface area contributed by atoms with E-state index in [9.17, 15) is 0 Å². The Morgan fingerprint density at radius 3 is 2.54 bits per heavy atom. The van der Waals surface area contributed by atoms with Gasteiger partial charge in [-0.1, -0.05) is 24.3 Å². The third-order valence-corrected chi connectivity index (χ3v) is 5.94. The Bertz CT molecular complexity index is 764. The van der Waals surface area contributed by atoms with Crippen molar-refractivity contribution in [2.75, 3.05) is 24.5 Å². The molecule has 2 aromatic rings. The predicted molar refractivity (Wildman–Crippen MR) is 96.5 cm³/mol. The summed E-state index contributed by atoms with van der Waals surface area (Å²) in [5.41, 5.74) is 6.53. The number of hydrogen-bond donors (Lipinski definition) is 1. The first-order valence-corrected chi connectivity index (χ1v) is 9.27. The lowest BCUT2D eigenvalue weighted by Gasteiger charge is -2.39. The zero-order valence-electron chi connectivity index (χ0n) is 14.3. The molecule has 0 bridgehead atoms. The van der Waals surface area contributed by atoms with Crippen LogP contribution in [0.2, 0.25) is 0 Å². The summed E-state index contributed by atoms with van der Waals surface area (Å²) in [6, 6.07) is 9.67. The third-order valence-electron chi connectivity index (χ3n) is 5.94. The SMILES string of the molecule is C[C@H]1CCN1c1nc2c(c(-c3ccc(C4CNC4)cc3)n1)CCC2. The molecule has 2 aliphatic heterocycles. The number of anilines is 1. The molecule has 1 aliphatic carbocycles. The first-order chi connectivity index (χ1) is 11.8. The van der Waals surface area contributed by atoms with Gasteiger partial charge in [0.2, 0.25) is 5.95 Å². The molecule has 3 aliphatic rings. The second-order valence-electron chi connectivity index (χ2n) is 7.46. The fraction of sp³-hybridized carbons (Fsp3) is 0.500. The fourth-order valence-electron chi connectivity index (χ4n) is 4.04. The Morgan fingerprint density at radius 2 is 1.92 bits per heavy atom. The number of aromatic nitrogens is 2. The molecule has 0 amide bonds. The van der Waals surface area contributed by atoms with Crippen LogP contribution in [0.4, 0.5) is 5.95 Å². The van der Waals surface area contributed by atoms with Crippen LogP contribution in [0.15, 0.2) is 24.3 Å². The van der Waals surface area contributed by atoms with Gasteiger partial charge < -0.3 is 10.2 Å². The molecule has 124 valence electrons. The largest absolute Gasteiger partial charge is 0.338 e. The summed E-state index contributed by atoms with van der Waals surface area (Å²) < 4.78 is 0. The maximum absolute atomic E-state index is 5.00. The zero-order valence-corrected chi connectivity index (χ0v) is 14.3. The van der Waals surface area contributed by atoms with Gasteiger partial charge in [0.15, 0.2) is 0 Å². The molecule has 2 saturated heterocycles. The molecule has 0 unspecified atom stereocenters. The van der Waals surface area contributed by atoms with Crippen LogP contribution in [0.5, 0.6) is 0 Å². The lowest BCUT2D eigenvalue weighted by atomic mass is 9.92. The summed E-state index contributed by atoms with van der Waals surface area (Å²) in [6.45, 7) is 5.58. The van der Waals surface area contributed by atoms with Crippen LogP contribution in [0.1, 0.15) is 42.5 Å². The summed E-state index contributed by atoms with van der Waals surface area (Å²) >= 11 is 0. The van der Waals surface area contributed by atoms with Crippen molar-refractivity contribution < 1.29 is 0 Å². The van der Waals surface area contributed by atoms with Crippen molar-refractivity contribution in [2.45, 2.75) is 44.6 Å². The highest BCUT2D eigenvalue weighted by molar-refractivity contribution is 5.67. The molecule has 0 radical (unpaired) electrons. The Labute approximate surface area is 143 Å². The van der Waals surface area contributed by atoms with Crippen LogP contribution in [0.25, 0.3) is 11.3 Å². The van der Waals surface area contributed by atoms with E-state index in [1.807, 2.05) is 0 Å². The van der Waals surface area contributed by atoms with Gasteiger partial charge in [0.25, 0.3) is 0 Å². The quantitative estimate of drug-likeness (QED) is 0.944. The lowest BCUT2D eigenvalue weighted by Crippen LogP contribution is -2.46. The van der Waals surface area contributed by atoms with E-state index in [1.54, 1.807) is 0 Å². The Morgan fingerprint density at radius 1 is 1.08 bits per heavy atom. The molecule has 1 aromatic heterocycles. The first kappa shape index (κ1) is 14.4. The first-order valence-electron chi connectivity index (χ1n) is 9.27. The normalized spacial score (nSPS) is 22.9. The average Bonchev–Trinajstić information content (AvgIpc) is 3.00. The molecular weight excluding hydrogens is 296 g/mol. The van der Waals surface area contributed by atoms with Crippen LogP contribution in [0, 0.1) is 0 Å². The van der Waals surface area contributed by atoms with Gasteiger partial charge in [0.05, 0.1) is 5.69 Å². The van der Waals surface area contributed by atoms with Crippen molar-refractivity contribution in [1.29, 1.82) is 0 Å². The van der Waals surface area contributed by atoms with E-state index in [1.165, 1.54) is 40.9 Å². The van der Waals surface area contributed by atoms with Gasteiger partial charge in [-0.3, -0.25) is 0 Å². The Balaban J connectivity index is 1.54. The minimum absolute atomic E-state index is 0.575. The van der Waals surface area contributed by atoms with Gasteiger partial charge in [-0.25, -0.2) is 9.97 Å². The van der Waals surface area contributed by atoms with Gasteiger partial charge in [-0.15, -0.1) is 0 Å². The van der Waals surface area contributed by atoms with E-state index < -0.39 is 0 Å². The summed E-state index contributed by atoms with van der Waals surface area (Å²) in [7, 11) is 0. The number of hydrogen-bond acceptors (Lipinski definition) is 4. The Kier molecular flexibility index (Phi) is 3.33. The van der Waals surface area contributed by atoms with Crippen LogP contribution in [0.3, 0.4) is 0 Å². The van der Waals surface area contributed by atoms with Crippen molar-refractivity contribution in [3.63, 3.8) is 0 Å². The van der Waals surface area contributed by atoms with E-state index in [-0.39, 0.29) is 0 Å². The summed E-state index contributed by atoms with van der Waals surface area (Å²) in [4.78, 5) is 12.2. The highest BCUT2D eigenvalue weighted by Crippen LogP contribution is 2.34. The van der Waals surface area contributed by atoms with Crippen LogP contribution in [-0.2, 0) is 12.8 Å². The molecule has 1 atom stereocenters. The van der Waals surface area contributed by atoms with Crippen LogP contribution in [-0.4, -0.2) is 35.6 Å². The maximum Gasteiger partial charge on any atom is 0.226 e. The van der Waals surface area contributed by atoms with Gasteiger partial charge in [0, 0.05) is 48.4 Å². The maximum atomic E-state index is 5.00. The molecule has 1 N–H and O–H groups in total. The number of fused-ring (bicyclic) bond motifs is 1. The zero-order chi connectivity index (χ0) is 16.1. The second kappa shape index (κ2) is 5.55. The molecule has 0 saturated carbocycles. The highest BCUT2D eigenvalue weighted by atomic mass is 15.3. The van der Waals surface area contributed by atoms with Gasteiger partial charge in [-0.05, 0) is 38.2 Å². The standard InChI is InChI=1S/C20H24N4/c1-13-9-10-24(13)20-22-18-4-2-3-17(18)19(23-20)15-7-5-14(6-8-15)16-11-21-12-16/h5-8,13,16,21H,2-4,9-12H2,1H3/t13-/m0/s1. The third kappa shape index (κ3) is 2.24. The molecular formula is C20H24N4. The predicted octanol–water partition coefficient (Wildman–Crippen LogP) is 2.92. The number of benzene rings is 1. The molecule has 4 heteroatoms. The topological polar surface area (TPSA) is 41.1 Å². The number of aryl methyl sites for hydroxylation is 1. The van der Waals surface area contributed by atoms with Crippen LogP contribution >= 0.6 is 0 Å². The molecule has 3 heterocycles. The second-order valence-corrected chi connectivity index (χ2v) is 7.46. The average molecular weight is 320 g/mol. The van der Waals surface area contributed by atoms with Crippen molar-refractivity contribution in [2.24, 2.45) is 0 Å². The molecule has 1 aromatic carbocycles. The van der Waals surface area contributed by atoms with Crippen LogP contribution < -0.4 is 10.2 Å². The van der Waals surface area contributed by atoms with Crippen molar-refractivity contribution >= 4 is 5.95 Å². The molecule has 5 rings (SSSR count). The van der Waals surface area contributed by atoms with Crippen molar-refractivity contribution in [3.05, 3.63) is 41.1 Å². The molecule has 4 nitrogen and oxygen atoms in total.